The molecular weight excluding hydrogens is 240 g/mol. The highest BCUT2D eigenvalue weighted by molar-refractivity contribution is 7.98. The number of H-pyrrole nitrogens is 1. The van der Waals surface area contributed by atoms with Crippen LogP contribution in [0.4, 0.5) is 5.69 Å². The molecule has 1 heterocycles. The van der Waals surface area contributed by atoms with Crippen LogP contribution in [0.5, 0.6) is 0 Å². The lowest BCUT2D eigenvalue weighted by molar-refractivity contribution is 1.26. The highest BCUT2D eigenvalue weighted by Gasteiger charge is 2.07. The lowest BCUT2D eigenvalue weighted by atomic mass is 10.2. The fourth-order valence-electron chi connectivity index (χ4n) is 2.01. The second kappa shape index (κ2) is 4.78. The lowest BCUT2D eigenvalue weighted by Crippen LogP contribution is -1.89. The van der Waals surface area contributed by atoms with E-state index in [2.05, 4.69) is 41.4 Å². The van der Waals surface area contributed by atoms with Gasteiger partial charge in [-0.15, -0.1) is 11.8 Å². The maximum atomic E-state index is 6.16. The Labute approximate surface area is 110 Å². The van der Waals surface area contributed by atoms with E-state index in [4.69, 9.17) is 5.73 Å². The number of nitrogens with two attached hydrogens (primary N) is 1. The molecule has 0 saturated carbocycles. The van der Waals surface area contributed by atoms with Crippen molar-refractivity contribution >= 4 is 28.4 Å². The average molecular weight is 254 g/mol. The molecule has 3 rings (SSSR count). The van der Waals surface area contributed by atoms with Gasteiger partial charge in [-0.2, -0.15) is 0 Å². The van der Waals surface area contributed by atoms with Gasteiger partial charge >= 0.3 is 0 Å². The molecule has 0 bridgehead atoms. The molecule has 0 saturated heterocycles. The van der Waals surface area contributed by atoms with Crippen LogP contribution in [0.25, 0.3) is 10.9 Å². The first-order chi connectivity index (χ1) is 8.84. The molecular formula is C15H14N2S. The molecule has 0 aliphatic carbocycles. The molecule has 1 aromatic heterocycles. The number of anilines is 1. The summed E-state index contributed by atoms with van der Waals surface area (Å²) in [7, 11) is 0. The van der Waals surface area contributed by atoms with E-state index in [1.807, 2.05) is 18.2 Å². The normalized spacial score (nSPS) is 10.9. The summed E-state index contributed by atoms with van der Waals surface area (Å²) in [6.07, 6.45) is 0. The molecule has 0 aliphatic heterocycles. The zero-order valence-electron chi connectivity index (χ0n) is 9.89. The zero-order chi connectivity index (χ0) is 12.4. The molecule has 0 fully saturated rings. The lowest BCUT2D eigenvalue weighted by Gasteiger charge is -2.00. The number of rotatable bonds is 3. The highest BCUT2D eigenvalue weighted by Crippen LogP contribution is 2.29. The van der Waals surface area contributed by atoms with Gasteiger partial charge < -0.3 is 10.7 Å². The van der Waals surface area contributed by atoms with E-state index >= 15 is 0 Å². The van der Waals surface area contributed by atoms with Gasteiger partial charge in [0.1, 0.15) is 0 Å². The third-order valence-corrected chi connectivity index (χ3v) is 3.99. The summed E-state index contributed by atoms with van der Waals surface area (Å²) in [5, 5.41) is 1.11. The maximum absolute atomic E-state index is 6.16. The number of aromatic nitrogens is 1. The van der Waals surface area contributed by atoms with E-state index in [1.165, 1.54) is 4.90 Å². The third kappa shape index (κ3) is 2.09. The van der Waals surface area contributed by atoms with Crippen molar-refractivity contribution in [2.45, 2.75) is 10.6 Å². The van der Waals surface area contributed by atoms with E-state index in [9.17, 15) is 0 Å². The van der Waals surface area contributed by atoms with Gasteiger partial charge in [0, 0.05) is 27.2 Å². The Morgan fingerprint density at radius 1 is 0.944 bits per heavy atom. The Morgan fingerprint density at radius 2 is 1.67 bits per heavy atom. The molecule has 3 N–H and O–H groups in total. The van der Waals surface area contributed by atoms with Crippen molar-refractivity contribution in [1.29, 1.82) is 0 Å². The van der Waals surface area contributed by atoms with Crippen LogP contribution in [-0.2, 0) is 5.75 Å². The van der Waals surface area contributed by atoms with Crippen LogP contribution in [0.2, 0.25) is 0 Å². The Balaban J connectivity index is 1.85. The molecule has 3 aromatic rings. The summed E-state index contributed by atoms with van der Waals surface area (Å²) >= 11 is 1.79. The largest absolute Gasteiger partial charge is 0.397 e. The van der Waals surface area contributed by atoms with Gasteiger partial charge in [-0.1, -0.05) is 36.4 Å². The molecule has 2 aromatic carbocycles. The van der Waals surface area contributed by atoms with E-state index in [1.54, 1.807) is 11.8 Å². The standard InChI is InChI=1S/C15H14N2S/c16-15-12-8-4-5-9-13(12)17-14(15)10-18-11-6-2-1-3-7-11/h1-9,17H,10,16H2. The summed E-state index contributed by atoms with van der Waals surface area (Å²) in [5.74, 6) is 0.866. The van der Waals surface area contributed by atoms with E-state index in [-0.39, 0.29) is 0 Å². The minimum atomic E-state index is 0.866. The number of aromatic amines is 1. The molecule has 2 nitrogen and oxygen atoms in total. The van der Waals surface area contributed by atoms with Crippen molar-refractivity contribution in [3.05, 3.63) is 60.3 Å². The second-order valence-electron chi connectivity index (χ2n) is 4.16. The molecule has 18 heavy (non-hydrogen) atoms. The molecule has 0 spiro atoms. The molecule has 0 atom stereocenters. The van der Waals surface area contributed by atoms with Gasteiger partial charge in [-0.25, -0.2) is 0 Å². The predicted molar refractivity (Wildman–Crippen MR) is 78.7 cm³/mol. The van der Waals surface area contributed by atoms with Crippen molar-refractivity contribution < 1.29 is 0 Å². The van der Waals surface area contributed by atoms with Crippen LogP contribution >= 0.6 is 11.8 Å². The molecule has 0 amide bonds. The average Bonchev–Trinajstić information content (AvgIpc) is 2.75. The van der Waals surface area contributed by atoms with Crippen LogP contribution in [0.3, 0.4) is 0 Å². The van der Waals surface area contributed by atoms with Crippen molar-refractivity contribution in [2.24, 2.45) is 0 Å². The number of fused-ring (bicyclic) bond motifs is 1. The van der Waals surface area contributed by atoms with E-state index in [0.29, 0.717) is 0 Å². The van der Waals surface area contributed by atoms with Crippen molar-refractivity contribution in [1.82, 2.24) is 4.98 Å². The topological polar surface area (TPSA) is 41.8 Å². The number of para-hydroxylation sites is 1. The molecule has 90 valence electrons. The third-order valence-electron chi connectivity index (χ3n) is 2.95. The van der Waals surface area contributed by atoms with Crippen LogP contribution in [0.1, 0.15) is 5.69 Å². The Kier molecular flexibility index (Phi) is 2.99. The number of nitrogens with one attached hydrogen (secondary N) is 1. The predicted octanol–water partition coefficient (Wildman–Crippen LogP) is 4.04. The number of hydrogen-bond donors (Lipinski definition) is 2. The first-order valence-corrected chi connectivity index (χ1v) is 6.86. The fourth-order valence-corrected chi connectivity index (χ4v) is 2.89. The second-order valence-corrected chi connectivity index (χ2v) is 5.21. The highest BCUT2D eigenvalue weighted by atomic mass is 32.2. The summed E-state index contributed by atoms with van der Waals surface area (Å²) in [4.78, 5) is 4.65. The Bertz CT molecular complexity index is 659. The van der Waals surface area contributed by atoms with E-state index in [0.717, 1.165) is 28.0 Å². The smallest absolute Gasteiger partial charge is 0.0613 e. The fraction of sp³-hybridized carbons (Fsp3) is 0.0667. The Hall–Kier alpha value is -1.87. The van der Waals surface area contributed by atoms with Gasteiger partial charge in [0.25, 0.3) is 0 Å². The summed E-state index contributed by atoms with van der Waals surface area (Å²) < 4.78 is 0. The van der Waals surface area contributed by atoms with Gasteiger partial charge in [0.2, 0.25) is 0 Å². The van der Waals surface area contributed by atoms with Crippen LogP contribution in [-0.4, -0.2) is 4.98 Å². The minimum Gasteiger partial charge on any atom is -0.397 e. The molecule has 0 aliphatic rings. The molecule has 3 heteroatoms. The zero-order valence-corrected chi connectivity index (χ0v) is 10.7. The maximum Gasteiger partial charge on any atom is 0.0613 e. The summed E-state index contributed by atoms with van der Waals surface area (Å²) in [6, 6.07) is 18.5. The van der Waals surface area contributed by atoms with Crippen molar-refractivity contribution in [3.63, 3.8) is 0 Å². The van der Waals surface area contributed by atoms with Crippen molar-refractivity contribution in [2.75, 3.05) is 5.73 Å². The number of nitrogen functional groups attached to an aromatic ring is 1. The van der Waals surface area contributed by atoms with Crippen molar-refractivity contribution in [3.8, 4) is 0 Å². The van der Waals surface area contributed by atoms with Gasteiger partial charge in [-0.3, -0.25) is 0 Å². The van der Waals surface area contributed by atoms with Crippen LogP contribution < -0.4 is 5.73 Å². The molecule has 0 unspecified atom stereocenters. The van der Waals surface area contributed by atoms with Gasteiger partial charge in [-0.05, 0) is 18.2 Å². The van der Waals surface area contributed by atoms with Gasteiger partial charge in [0.05, 0.1) is 5.69 Å². The molecule has 0 radical (unpaired) electrons. The minimum absolute atomic E-state index is 0.866. The van der Waals surface area contributed by atoms with Crippen LogP contribution in [0.15, 0.2) is 59.5 Å². The first-order valence-electron chi connectivity index (χ1n) is 5.87. The Morgan fingerprint density at radius 3 is 2.44 bits per heavy atom. The quantitative estimate of drug-likeness (QED) is 0.692. The van der Waals surface area contributed by atoms with Crippen LogP contribution in [0, 0.1) is 0 Å². The number of benzene rings is 2. The first kappa shape index (κ1) is 11.2. The number of thioether (sulfide) groups is 1. The SMILES string of the molecule is Nc1c(CSc2ccccc2)[nH]c2ccccc12. The monoisotopic (exact) mass is 254 g/mol. The summed E-state index contributed by atoms with van der Waals surface area (Å²) in [5.41, 5.74) is 9.24. The van der Waals surface area contributed by atoms with E-state index < -0.39 is 0 Å². The van der Waals surface area contributed by atoms with Gasteiger partial charge in [0.15, 0.2) is 0 Å². The summed E-state index contributed by atoms with van der Waals surface area (Å²) in [6.45, 7) is 0. The number of hydrogen-bond acceptors (Lipinski definition) is 2.